The van der Waals surface area contributed by atoms with Crippen molar-refractivity contribution in [1.29, 1.82) is 0 Å². The molecule has 4 nitrogen and oxygen atoms in total. The number of carbonyl (C=O) groups excluding carboxylic acids is 2. The van der Waals surface area contributed by atoms with Crippen LogP contribution in [0.1, 0.15) is 29.0 Å². The van der Waals surface area contributed by atoms with Gasteiger partial charge in [-0.2, -0.15) is 0 Å². The molecule has 0 saturated heterocycles. The molecule has 10 heteroatoms. The zero-order valence-corrected chi connectivity index (χ0v) is 17.5. The molecular formula is C21H18Cl2F4N2O2. The minimum absolute atomic E-state index is 0.0893. The van der Waals surface area contributed by atoms with E-state index in [9.17, 15) is 27.2 Å². The Hall–Kier alpha value is -2.32. The molecule has 0 aromatic heterocycles. The van der Waals surface area contributed by atoms with Crippen LogP contribution >= 0.6 is 23.2 Å². The van der Waals surface area contributed by atoms with Gasteiger partial charge in [0.15, 0.2) is 0 Å². The van der Waals surface area contributed by atoms with E-state index in [0.717, 1.165) is 12.1 Å². The molecule has 0 radical (unpaired) electrons. The smallest absolute Gasteiger partial charge is 0.231 e. The van der Waals surface area contributed by atoms with Crippen LogP contribution in [0.4, 0.5) is 23.2 Å². The first kappa shape index (κ1) is 23.3. The summed E-state index contributed by atoms with van der Waals surface area (Å²) < 4.78 is 51.2. The van der Waals surface area contributed by atoms with E-state index in [1.807, 2.05) is 0 Å². The molecule has 2 N–H and O–H groups in total. The predicted molar refractivity (Wildman–Crippen MR) is 109 cm³/mol. The van der Waals surface area contributed by atoms with E-state index in [-0.39, 0.29) is 29.8 Å². The van der Waals surface area contributed by atoms with Gasteiger partial charge < -0.3 is 10.6 Å². The normalized spacial score (nSPS) is 19.0. The number of hydrogen-bond acceptors (Lipinski definition) is 2. The summed E-state index contributed by atoms with van der Waals surface area (Å²) in [6.07, 6.45) is -0.331. The van der Waals surface area contributed by atoms with E-state index in [4.69, 9.17) is 23.2 Å². The van der Waals surface area contributed by atoms with Gasteiger partial charge in [0.2, 0.25) is 11.8 Å². The van der Waals surface area contributed by atoms with Gasteiger partial charge in [0, 0.05) is 29.3 Å². The van der Waals surface area contributed by atoms with Gasteiger partial charge in [0.25, 0.3) is 0 Å². The third kappa shape index (κ3) is 5.13. The summed E-state index contributed by atoms with van der Waals surface area (Å²) in [6.45, 7) is -2.02. The zero-order chi connectivity index (χ0) is 22.8. The lowest BCUT2D eigenvalue weighted by Gasteiger charge is -2.10. The largest absolute Gasteiger partial charge is 0.352 e. The molecule has 0 spiro atoms. The van der Waals surface area contributed by atoms with Gasteiger partial charge in [-0.15, -0.1) is 23.2 Å². The highest BCUT2D eigenvalue weighted by atomic mass is 35.5. The molecule has 0 aliphatic heterocycles. The van der Waals surface area contributed by atoms with Crippen molar-refractivity contribution in [1.82, 2.24) is 5.32 Å². The van der Waals surface area contributed by atoms with Gasteiger partial charge in [0.05, 0.1) is 19.0 Å². The monoisotopic (exact) mass is 476 g/mol. The average molecular weight is 477 g/mol. The van der Waals surface area contributed by atoms with Gasteiger partial charge in [-0.05, 0) is 35.9 Å². The molecule has 2 unspecified atom stereocenters. The fraction of sp³-hybridized carbons (Fsp3) is 0.333. The van der Waals surface area contributed by atoms with Crippen LogP contribution in [0, 0.1) is 17.6 Å². The standard InChI is InChI=1S/C21H18Cl2F4N2O2/c22-21(23)18(11-1-3-15(26)12(7-11)9-25)19(21)20(31)29-14-2-4-16(27)13(8-14)10-28-17(30)5-6-24/h1-4,7-8,18-19H,5-6,9-10H2,(H,28,30)(H,29,31). The number of alkyl halides is 4. The quantitative estimate of drug-likeness (QED) is 0.418. The maximum atomic E-state index is 14.0. The maximum Gasteiger partial charge on any atom is 0.231 e. The fourth-order valence-corrected chi connectivity index (χ4v) is 4.16. The topological polar surface area (TPSA) is 58.2 Å². The lowest BCUT2D eigenvalue weighted by Crippen LogP contribution is -2.23. The number of halogens is 6. The molecule has 1 fully saturated rings. The van der Waals surface area contributed by atoms with Crippen molar-refractivity contribution in [2.24, 2.45) is 5.92 Å². The molecule has 0 heterocycles. The first-order valence-corrected chi connectivity index (χ1v) is 10.1. The fourth-order valence-electron chi connectivity index (χ4n) is 3.33. The van der Waals surface area contributed by atoms with Crippen molar-refractivity contribution in [2.45, 2.75) is 29.9 Å². The summed E-state index contributed by atoms with van der Waals surface area (Å²) in [7, 11) is 0. The van der Waals surface area contributed by atoms with Crippen molar-refractivity contribution in [3.05, 3.63) is 64.7 Å². The van der Waals surface area contributed by atoms with Gasteiger partial charge in [-0.3, -0.25) is 14.0 Å². The van der Waals surface area contributed by atoms with E-state index >= 15 is 0 Å². The van der Waals surface area contributed by atoms with Gasteiger partial charge in [-0.1, -0.05) is 6.07 Å². The predicted octanol–water partition coefficient (Wildman–Crippen LogP) is 4.94. The highest BCUT2D eigenvalue weighted by Crippen LogP contribution is 2.65. The van der Waals surface area contributed by atoms with Crippen molar-refractivity contribution in [3.63, 3.8) is 0 Å². The zero-order valence-electron chi connectivity index (χ0n) is 16.0. The number of nitrogens with one attached hydrogen (secondary N) is 2. The Labute approximate surface area is 185 Å². The molecule has 2 atom stereocenters. The Balaban J connectivity index is 1.71. The van der Waals surface area contributed by atoms with Crippen LogP contribution in [-0.4, -0.2) is 22.8 Å². The van der Waals surface area contributed by atoms with E-state index in [1.165, 1.54) is 24.3 Å². The maximum absolute atomic E-state index is 14.0. The van der Waals surface area contributed by atoms with E-state index in [1.54, 1.807) is 0 Å². The molecule has 2 amide bonds. The summed E-state index contributed by atoms with van der Waals surface area (Å²) in [6, 6.07) is 7.51. The van der Waals surface area contributed by atoms with Crippen LogP contribution in [0.2, 0.25) is 0 Å². The molecule has 1 aliphatic rings. The van der Waals surface area contributed by atoms with E-state index < -0.39 is 53.0 Å². The van der Waals surface area contributed by atoms with Crippen LogP contribution in [0.25, 0.3) is 0 Å². The van der Waals surface area contributed by atoms with Crippen molar-refractivity contribution in [3.8, 4) is 0 Å². The number of benzene rings is 2. The second-order valence-electron chi connectivity index (χ2n) is 7.13. The number of anilines is 1. The molecule has 3 rings (SSSR count). The number of rotatable bonds is 8. The molecule has 2 aromatic rings. The van der Waals surface area contributed by atoms with Crippen molar-refractivity contribution < 1.29 is 27.2 Å². The number of hydrogen-bond donors (Lipinski definition) is 2. The summed E-state index contributed by atoms with van der Waals surface area (Å²) in [5.41, 5.74) is 0.589. The van der Waals surface area contributed by atoms with Gasteiger partial charge in [-0.25, -0.2) is 13.2 Å². The van der Waals surface area contributed by atoms with Crippen molar-refractivity contribution in [2.75, 3.05) is 12.0 Å². The molecule has 0 bridgehead atoms. The van der Waals surface area contributed by atoms with Crippen LogP contribution in [0.3, 0.4) is 0 Å². The second kappa shape index (κ2) is 9.44. The summed E-state index contributed by atoms with van der Waals surface area (Å²) in [4.78, 5) is 24.1. The minimum atomic E-state index is -1.47. The highest BCUT2D eigenvalue weighted by molar-refractivity contribution is 6.53. The Morgan fingerprint density at radius 3 is 2.35 bits per heavy atom. The average Bonchev–Trinajstić information content (AvgIpc) is 3.31. The van der Waals surface area contributed by atoms with Gasteiger partial charge in [0.1, 0.15) is 22.6 Å². The molecular weight excluding hydrogens is 459 g/mol. The molecule has 1 aliphatic carbocycles. The Morgan fingerprint density at radius 1 is 1.00 bits per heavy atom. The van der Waals surface area contributed by atoms with E-state index in [2.05, 4.69) is 10.6 Å². The Bertz CT molecular complexity index is 1000. The molecule has 2 aromatic carbocycles. The van der Waals surface area contributed by atoms with Crippen molar-refractivity contribution >= 4 is 40.7 Å². The first-order valence-electron chi connectivity index (χ1n) is 9.33. The lowest BCUT2D eigenvalue weighted by atomic mass is 10.1. The second-order valence-corrected chi connectivity index (χ2v) is 8.57. The third-order valence-electron chi connectivity index (χ3n) is 5.02. The molecule has 166 valence electrons. The Kier molecular flexibility index (Phi) is 7.11. The Morgan fingerprint density at radius 2 is 1.68 bits per heavy atom. The number of amides is 2. The number of carbonyl (C=O) groups is 2. The minimum Gasteiger partial charge on any atom is -0.352 e. The summed E-state index contributed by atoms with van der Waals surface area (Å²) in [5, 5.41) is 4.96. The lowest BCUT2D eigenvalue weighted by molar-refractivity contribution is -0.121. The van der Waals surface area contributed by atoms with Crippen LogP contribution in [0.15, 0.2) is 36.4 Å². The molecule has 31 heavy (non-hydrogen) atoms. The van der Waals surface area contributed by atoms with Crippen LogP contribution in [0.5, 0.6) is 0 Å². The van der Waals surface area contributed by atoms with Crippen LogP contribution in [-0.2, 0) is 22.8 Å². The SMILES string of the molecule is O=C(CCF)NCc1cc(NC(=O)C2C(c3ccc(F)c(CF)c3)C2(Cl)Cl)ccc1F. The molecule has 1 saturated carbocycles. The third-order valence-corrected chi connectivity index (χ3v) is 5.96. The van der Waals surface area contributed by atoms with Gasteiger partial charge >= 0.3 is 0 Å². The summed E-state index contributed by atoms with van der Waals surface area (Å²) >= 11 is 12.5. The van der Waals surface area contributed by atoms with Crippen LogP contribution < -0.4 is 10.6 Å². The summed E-state index contributed by atoms with van der Waals surface area (Å²) in [5.74, 6) is -4.02. The highest BCUT2D eigenvalue weighted by Gasteiger charge is 2.67. The van der Waals surface area contributed by atoms with E-state index in [0.29, 0.717) is 5.56 Å². The first-order chi connectivity index (χ1) is 14.7.